The van der Waals surface area contributed by atoms with Gasteiger partial charge in [-0.05, 0) is 19.3 Å². The van der Waals surface area contributed by atoms with Crippen LogP contribution >= 0.6 is 0 Å². The van der Waals surface area contributed by atoms with Crippen molar-refractivity contribution in [1.82, 2.24) is 0 Å². The molecule has 1 saturated carbocycles. The molecular weight excluding hydrogens is 388 g/mol. The second-order valence-corrected chi connectivity index (χ2v) is 8.14. The molecule has 0 aromatic heterocycles. The fraction of sp³-hybridized carbons (Fsp3) is 1.00. The molecule has 0 amide bonds. The molecule has 1 unspecified atom stereocenters. The molecule has 2 aliphatic heterocycles. The van der Waals surface area contributed by atoms with Crippen molar-refractivity contribution in [3.63, 3.8) is 0 Å². The van der Waals surface area contributed by atoms with Crippen molar-refractivity contribution >= 4 is 0 Å². The van der Waals surface area contributed by atoms with Crippen LogP contribution in [-0.4, -0.2) is 107 Å². The lowest BCUT2D eigenvalue weighted by Gasteiger charge is -2.42. The zero-order chi connectivity index (χ0) is 21.3. The zero-order valence-corrected chi connectivity index (χ0v) is 16.2. The largest absolute Gasteiger partial charge is 0.394 e. The van der Waals surface area contributed by atoms with E-state index in [0.717, 1.165) is 0 Å². The van der Waals surface area contributed by atoms with Crippen molar-refractivity contribution < 1.29 is 39.4 Å². The predicted octanol–water partition coefficient (Wildman–Crippen LogP) is -4.59. The lowest BCUT2D eigenvalue weighted by Crippen LogP contribution is -2.64. The minimum Gasteiger partial charge on any atom is -0.394 e. The SMILES string of the molecule is NC[C@@H]1O[C@H](O[C@H]2[C@@H](O)[C@H](OC3C[C@@H](N)C[C@@H](N)C3)O[C@@H]2CO)[C@H](N)[C@@H](O)[C@@H]1O. The van der Waals surface area contributed by atoms with Gasteiger partial charge in [0.25, 0.3) is 0 Å². The van der Waals surface area contributed by atoms with Gasteiger partial charge in [0.1, 0.15) is 36.6 Å². The van der Waals surface area contributed by atoms with E-state index in [1.165, 1.54) is 0 Å². The van der Waals surface area contributed by atoms with Crippen LogP contribution in [0.15, 0.2) is 0 Å². The summed E-state index contributed by atoms with van der Waals surface area (Å²) >= 11 is 0. The van der Waals surface area contributed by atoms with E-state index in [0.29, 0.717) is 19.3 Å². The van der Waals surface area contributed by atoms with E-state index in [1.807, 2.05) is 0 Å². The van der Waals surface area contributed by atoms with E-state index >= 15 is 0 Å². The molecule has 1 aliphatic carbocycles. The van der Waals surface area contributed by atoms with Gasteiger partial charge in [0.05, 0.1) is 18.8 Å². The Morgan fingerprint density at radius 3 is 2.00 bits per heavy atom. The summed E-state index contributed by atoms with van der Waals surface area (Å²) in [5.41, 5.74) is 23.4. The van der Waals surface area contributed by atoms with Crippen LogP contribution in [-0.2, 0) is 18.9 Å². The van der Waals surface area contributed by atoms with Gasteiger partial charge < -0.3 is 62.3 Å². The Labute approximate surface area is 169 Å². The van der Waals surface area contributed by atoms with Crippen LogP contribution in [0.3, 0.4) is 0 Å². The number of nitrogens with two attached hydrogens (primary N) is 4. The molecule has 2 saturated heterocycles. The van der Waals surface area contributed by atoms with Crippen LogP contribution in [0.4, 0.5) is 0 Å². The minimum absolute atomic E-state index is 0.0636. The lowest BCUT2D eigenvalue weighted by molar-refractivity contribution is -0.280. The quantitative estimate of drug-likeness (QED) is 0.202. The Bertz CT molecular complexity index is 522. The molecule has 3 rings (SSSR count). The molecule has 3 fully saturated rings. The molecular formula is C17H34N4O8. The fourth-order valence-corrected chi connectivity index (χ4v) is 4.21. The molecule has 2 heterocycles. The van der Waals surface area contributed by atoms with Gasteiger partial charge in [-0.15, -0.1) is 0 Å². The highest BCUT2D eigenvalue weighted by Crippen LogP contribution is 2.31. The minimum atomic E-state index is -1.33. The number of hydrogen-bond donors (Lipinski definition) is 8. The lowest BCUT2D eigenvalue weighted by atomic mass is 9.90. The summed E-state index contributed by atoms with van der Waals surface area (Å²) in [6.45, 7) is -0.509. The molecule has 0 spiro atoms. The van der Waals surface area contributed by atoms with Crippen molar-refractivity contribution in [2.45, 2.75) is 92.7 Å². The Balaban J connectivity index is 1.64. The van der Waals surface area contributed by atoms with Crippen LogP contribution < -0.4 is 22.9 Å². The van der Waals surface area contributed by atoms with Gasteiger partial charge in [-0.3, -0.25) is 0 Å². The Morgan fingerprint density at radius 1 is 0.793 bits per heavy atom. The van der Waals surface area contributed by atoms with E-state index in [-0.39, 0.29) is 24.7 Å². The van der Waals surface area contributed by atoms with E-state index in [4.69, 9.17) is 41.9 Å². The van der Waals surface area contributed by atoms with E-state index in [9.17, 15) is 20.4 Å². The molecule has 12 heteroatoms. The third kappa shape index (κ3) is 5.06. The van der Waals surface area contributed by atoms with Gasteiger partial charge in [-0.25, -0.2) is 0 Å². The molecule has 12 nitrogen and oxygen atoms in total. The summed E-state index contributed by atoms with van der Waals surface area (Å²) in [6.07, 6.45) is -7.33. The Kier molecular flexibility index (Phi) is 7.81. The summed E-state index contributed by atoms with van der Waals surface area (Å²) in [6, 6.07) is -1.29. The fourth-order valence-electron chi connectivity index (χ4n) is 4.21. The van der Waals surface area contributed by atoms with Gasteiger partial charge >= 0.3 is 0 Å². The van der Waals surface area contributed by atoms with Crippen molar-refractivity contribution in [1.29, 1.82) is 0 Å². The van der Waals surface area contributed by atoms with Crippen molar-refractivity contribution in [3.05, 3.63) is 0 Å². The second-order valence-electron chi connectivity index (χ2n) is 8.14. The summed E-state index contributed by atoms with van der Waals surface area (Å²) in [4.78, 5) is 0. The zero-order valence-electron chi connectivity index (χ0n) is 16.2. The topological polar surface area (TPSA) is 222 Å². The smallest absolute Gasteiger partial charge is 0.186 e. The Morgan fingerprint density at radius 2 is 1.41 bits per heavy atom. The van der Waals surface area contributed by atoms with E-state index in [1.54, 1.807) is 0 Å². The number of rotatable bonds is 6. The number of hydrogen-bond acceptors (Lipinski definition) is 12. The normalized spacial score (nSPS) is 51.3. The molecule has 12 atom stereocenters. The van der Waals surface area contributed by atoms with Gasteiger partial charge in [-0.2, -0.15) is 0 Å². The van der Waals surface area contributed by atoms with Crippen LogP contribution in [0.5, 0.6) is 0 Å². The monoisotopic (exact) mass is 422 g/mol. The third-order valence-corrected chi connectivity index (χ3v) is 5.81. The van der Waals surface area contributed by atoms with Crippen molar-refractivity contribution in [2.24, 2.45) is 22.9 Å². The standard InChI is InChI=1S/C17H34N4O8/c18-4-9-12(23)13(24)11(21)16(27-9)29-15-10(5-22)28-17(14(15)25)26-8-2-6(19)1-7(20)3-8/h6-17,22-25H,1-5,18-21H2/t6-,7+,8?,9-,10+,11+,12+,13+,14+,15+,16+,17+/m0/s1. The molecule has 0 radical (unpaired) electrons. The van der Waals surface area contributed by atoms with E-state index < -0.39 is 61.9 Å². The highest BCUT2D eigenvalue weighted by atomic mass is 16.7. The maximum atomic E-state index is 10.7. The summed E-state index contributed by atoms with van der Waals surface area (Å²) in [5.74, 6) is 0. The number of ether oxygens (including phenoxy) is 4. The van der Waals surface area contributed by atoms with E-state index in [2.05, 4.69) is 0 Å². The van der Waals surface area contributed by atoms with Crippen molar-refractivity contribution in [3.8, 4) is 0 Å². The van der Waals surface area contributed by atoms with Crippen LogP contribution in [0.1, 0.15) is 19.3 Å². The van der Waals surface area contributed by atoms with Gasteiger partial charge in [0.15, 0.2) is 12.6 Å². The molecule has 0 bridgehead atoms. The second kappa shape index (κ2) is 9.77. The van der Waals surface area contributed by atoms with Gasteiger partial charge in [0, 0.05) is 18.6 Å². The maximum Gasteiger partial charge on any atom is 0.186 e. The average Bonchev–Trinajstić information content (AvgIpc) is 2.96. The summed E-state index contributed by atoms with van der Waals surface area (Å²) < 4.78 is 22.8. The highest BCUT2D eigenvalue weighted by Gasteiger charge is 2.50. The van der Waals surface area contributed by atoms with Crippen LogP contribution in [0, 0.1) is 0 Å². The first-order chi connectivity index (χ1) is 13.7. The van der Waals surface area contributed by atoms with Crippen LogP contribution in [0.25, 0.3) is 0 Å². The highest BCUT2D eigenvalue weighted by molar-refractivity contribution is 4.95. The number of aliphatic hydroxyl groups excluding tert-OH is 4. The summed E-state index contributed by atoms with van der Waals surface area (Å²) in [7, 11) is 0. The average molecular weight is 422 g/mol. The summed E-state index contributed by atoms with van der Waals surface area (Å²) in [5, 5.41) is 40.4. The first-order valence-electron chi connectivity index (χ1n) is 9.98. The molecule has 3 aliphatic rings. The third-order valence-electron chi connectivity index (χ3n) is 5.81. The molecule has 170 valence electrons. The van der Waals surface area contributed by atoms with Gasteiger partial charge in [-0.1, -0.05) is 0 Å². The number of aliphatic hydroxyl groups is 4. The molecule has 0 aromatic rings. The molecule has 29 heavy (non-hydrogen) atoms. The van der Waals surface area contributed by atoms with Crippen molar-refractivity contribution in [2.75, 3.05) is 13.2 Å². The first kappa shape index (κ1) is 23.2. The molecule has 12 N–H and O–H groups in total. The first-order valence-corrected chi connectivity index (χ1v) is 9.98. The van der Waals surface area contributed by atoms with Gasteiger partial charge in [0.2, 0.25) is 0 Å². The van der Waals surface area contributed by atoms with Crippen LogP contribution in [0.2, 0.25) is 0 Å². The maximum absolute atomic E-state index is 10.7. The molecule has 0 aromatic carbocycles. The predicted molar refractivity (Wildman–Crippen MR) is 99.0 cm³/mol. The Hall–Kier alpha value is -0.480.